The number of pyridine rings is 1. The van der Waals surface area contributed by atoms with E-state index in [9.17, 15) is 4.79 Å². The third-order valence-electron chi connectivity index (χ3n) is 2.78. The molecule has 1 N–H and O–H groups in total. The van der Waals surface area contributed by atoms with E-state index in [1.807, 2.05) is 35.9 Å². The smallest absolute Gasteiger partial charge is 0.245 e. The summed E-state index contributed by atoms with van der Waals surface area (Å²) in [6, 6.07) is 3.82. The van der Waals surface area contributed by atoms with Gasteiger partial charge in [-0.25, -0.2) is 4.98 Å². The Bertz CT molecular complexity index is 580. The highest BCUT2D eigenvalue weighted by atomic mass is 16.5. The SMILES string of the molecule is CCOc1cccn2cc(CCNC(=O)COC)nc12. The van der Waals surface area contributed by atoms with Crippen molar-refractivity contribution < 1.29 is 14.3 Å². The van der Waals surface area contributed by atoms with Crippen LogP contribution in [0.25, 0.3) is 5.65 Å². The van der Waals surface area contributed by atoms with Gasteiger partial charge < -0.3 is 19.2 Å². The van der Waals surface area contributed by atoms with Gasteiger partial charge in [-0.2, -0.15) is 0 Å². The molecule has 0 saturated carbocycles. The predicted molar refractivity (Wildman–Crippen MR) is 75.0 cm³/mol. The molecular formula is C14H19N3O3. The first-order valence-electron chi connectivity index (χ1n) is 6.59. The number of amides is 1. The molecule has 0 aliphatic heterocycles. The van der Waals surface area contributed by atoms with Gasteiger partial charge in [0, 0.05) is 32.5 Å². The van der Waals surface area contributed by atoms with Crippen LogP contribution in [-0.2, 0) is 16.0 Å². The summed E-state index contributed by atoms with van der Waals surface area (Å²) in [6.07, 6.45) is 4.54. The Morgan fingerprint density at radius 3 is 3.10 bits per heavy atom. The first kappa shape index (κ1) is 14.3. The maximum atomic E-state index is 11.3. The average Bonchev–Trinajstić information content (AvgIpc) is 2.83. The van der Waals surface area contributed by atoms with Crippen molar-refractivity contribution in [3.8, 4) is 5.75 Å². The molecule has 0 unspecified atom stereocenters. The summed E-state index contributed by atoms with van der Waals surface area (Å²) >= 11 is 0. The lowest BCUT2D eigenvalue weighted by molar-refractivity contribution is -0.124. The minimum absolute atomic E-state index is 0.0830. The van der Waals surface area contributed by atoms with Crippen LogP contribution in [0.1, 0.15) is 12.6 Å². The van der Waals surface area contributed by atoms with Crippen molar-refractivity contribution in [1.29, 1.82) is 0 Å². The molecule has 6 nitrogen and oxygen atoms in total. The second-order valence-electron chi connectivity index (χ2n) is 4.30. The summed E-state index contributed by atoms with van der Waals surface area (Å²) in [4.78, 5) is 15.8. The maximum absolute atomic E-state index is 11.3. The number of methoxy groups -OCH3 is 1. The van der Waals surface area contributed by atoms with Gasteiger partial charge >= 0.3 is 0 Å². The van der Waals surface area contributed by atoms with E-state index in [-0.39, 0.29) is 12.5 Å². The number of nitrogens with zero attached hydrogens (tertiary/aromatic N) is 2. The molecule has 2 heterocycles. The number of aromatic nitrogens is 2. The highest BCUT2D eigenvalue weighted by molar-refractivity contribution is 5.77. The van der Waals surface area contributed by atoms with Crippen LogP contribution in [-0.4, -0.2) is 42.2 Å². The van der Waals surface area contributed by atoms with Gasteiger partial charge in [0.15, 0.2) is 11.4 Å². The monoisotopic (exact) mass is 277 g/mol. The zero-order valence-corrected chi connectivity index (χ0v) is 11.8. The number of ether oxygens (including phenoxy) is 2. The number of hydrogen-bond donors (Lipinski definition) is 1. The highest BCUT2D eigenvalue weighted by Gasteiger charge is 2.07. The number of rotatable bonds is 7. The Labute approximate surface area is 117 Å². The summed E-state index contributed by atoms with van der Waals surface area (Å²) in [5, 5.41) is 2.77. The lowest BCUT2D eigenvalue weighted by Gasteiger charge is -2.03. The van der Waals surface area contributed by atoms with E-state index in [0.29, 0.717) is 19.6 Å². The molecule has 0 aromatic carbocycles. The van der Waals surface area contributed by atoms with Gasteiger partial charge in [-0.05, 0) is 19.1 Å². The minimum Gasteiger partial charge on any atom is -0.490 e. The van der Waals surface area contributed by atoms with Crippen LogP contribution >= 0.6 is 0 Å². The number of carbonyl (C=O) groups is 1. The van der Waals surface area contributed by atoms with Crippen molar-refractivity contribution in [2.45, 2.75) is 13.3 Å². The average molecular weight is 277 g/mol. The summed E-state index contributed by atoms with van der Waals surface area (Å²) in [7, 11) is 1.50. The van der Waals surface area contributed by atoms with Crippen LogP contribution in [0, 0.1) is 0 Å². The van der Waals surface area contributed by atoms with Crippen LogP contribution in [0.4, 0.5) is 0 Å². The standard InChI is InChI=1S/C14H19N3O3/c1-3-20-12-5-4-8-17-9-11(16-14(12)17)6-7-15-13(18)10-19-2/h4-5,8-9H,3,6-7,10H2,1-2H3,(H,15,18). The van der Waals surface area contributed by atoms with E-state index < -0.39 is 0 Å². The second kappa shape index (κ2) is 6.91. The fourth-order valence-corrected chi connectivity index (χ4v) is 1.94. The first-order valence-corrected chi connectivity index (χ1v) is 6.59. The minimum atomic E-state index is -0.119. The van der Waals surface area contributed by atoms with Crippen LogP contribution in [0.15, 0.2) is 24.5 Å². The first-order chi connectivity index (χ1) is 9.74. The third kappa shape index (κ3) is 3.48. The molecule has 108 valence electrons. The molecule has 0 fully saturated rings. The Morgan fingerprint density at radius 1 is 1.50 bits per heavy atom. The maximum Gasteiger partial charge on any atom is 0.245 e. The molecule has 2 aromatic rings. The van der Waals surface area contributed by atoms with Gasteiger partial charge in [-0.15, -0.1) is 0 Å². The number of carbonyl (C=O) groups excluding carboxylic acids is 1. The fourth-order valence-electron chi connectivity index (χ4n) is 1.94. The van der Waals surface area contributed by atoms with Gasteiger partial charge in [-0.1, -0.05) is 0 Å². The van der Waals surface area contributed by atoms with Crippen molar-refractivity contribution >= 4 is 11.6 Å². The van der Waals surface area contributed by atoms with E-state index in [0.717, 1.165) is 17.1 Å². The highest BCUT2D eigenvalue weighted by Crippen LogP contribution is 2.18. The summed E-state index contributed by atoms with van der Waals surface area (Å²) in [6.45, 7) is 3.17. The zero-order chi connectivity index (χ0) is 14.4. The summed E-state index contributed by atoms with van der Waals surface area (Å²) < 4.78 is 12.2. The zero-order valence-electron chi connectivity index (χ0n) is 11.8. The molecule has 0 aliphatic rings. The quantitative estimate of drug-likeness (QED) is 0.821. The topological polar surface area (TPSA) is 64.9 Å². The van der Waals surface area contributed by atoms with Crippen molar-refractivity contribution in [2.24, 2.45) is 0 Å². The molecule has 0 aliphatic carbocycles. The van der Waals surface area contributed by atoms with Gasteiger partial charge in [0.05, 0.1) is 12.3 Å². The van der Waals surface area contributed by atoms with Crippen LogP contribution in [0.5, 0.6) is 5.75 Å². The largest absolute Gasteiger partial charge is 0.490 e. The van der Waals surface area contributed by atoms with Gasteiger partial charge in [0.25, 0.3) is 0 Å². The molecule has 2 aromatic heterocycles. The van der Waals surface area contributed by atoms with Crippen LogP contribution < -0.4 is 10.1 Å². The molecule has 6 heteroatoms. The molecule has 0 radical (unpaired) electrons. The molecule has 0 bridgehead atoms. The number of imidazole rings is 1. The van der Waals surface area contributed by atoms with Crippen molar-refractivity contribution in [3.63, 3.8) is 0 Å². The van der Waals surface area contributed by atoms with Crippen molar-refractivity contribution in [1.82, 2.24) is 14.7 Å². The number of hydrogen-bond acceptors (Lipinski definition) is 4. The molecule has 2 rings (SSSR count). The Hall–Kier alpha value is -2.08. The molecule has 0 atom stereocenters. The molecule has 0 spiro atoms. The third-order valence-corrected chi connectivity index (χ3v) is 2.78. The van der Waals surface area contributed by atoms with E-state index in [2.05, 4.69) is 10.3 Å². The normalized spacial score (nSPS) is 10.7. The number of nitrogens with one attached hydrogen (secondary N) is 1. The molecule has 1 amide bonds. The van der Waals surface area contributed by atoms with Crippen LogP contribution in [0.2, 0.25) is 0 Å². The van der Waals surface area contributed by atoms with E-state index in [4.69, 9.17) is 9.47 Å². The fraction of sp³-hybridized carbons (Fsp3) is 0.429. The lowest BCUT2D eigenvalue weighted by Crippen LogP contribution is -2.29. The lowest BCUT2D eigenvalue weighted by atomic mass is 10.3. The van der Waals surface area contributed by atoms with Crippen molar-refractivity contribution in [2.75, 3.05) is 26.9 Å². The van der Waals surface area contributed by atoms with E-state index in [1.165, 1.54) is 7.11 Å². The Morgan fingerprint density at radius 2 is 2.35 bits per heavy atom. The van der Waals surface area contributed by atoms with Gasteiger partial charge in [-0.3, -0.25) is 4.79 Å². The second-order valence-corrected chi connectivity index (χ2v) is 4.30. The van der Waals surface area contributed by atoms with Gasteiger partial charge in [0.2, 0.25) is 5.91 Å². The Kier molecular flexibility index (Phi) is 4.95. The summed E-state index contributed by atoms with van der Waals surface area (Å²) in [5.41, 5.74) is 1.71. The van der Waals surface area contributed by atoms with E-state index >= 15 is 0 Å². The molecule has 20 heavy (non-hydrogen) atoms. The molecule has 0 saturated heterocycles. The number of fused-ring (bicyclic) bond motifs is 1. The summed E-state index contributed by atoms with van der Waals surface area (Å²) in [5.74, 6) is 0.649. The van der Waals surface area contributed by atoms with Crippen molar-refractivity contribution in [3.05, 3.63) is 30.2 Å². The molecular weight excluding hydrogens is 258 g/mol. The van der Waals surface area contributed by atoms with Gasteiger partial charge in [0.1, 0.15) is 6.61 Å². The predicted octanol–water partition coefficient (Wildman–Crippen LogP) is 1.04. The van der Waals surface area contributed by atoms with Crippen LogP contribution in [0.3, 0.4) is 0 Å². The Balaban J connectivity index is 2.01. The van der Waals surface area contributed by atoms with E-state index in [1.54, 1.807) is 0 Å².